The van der Waals surface area contributed by atoms with Crippen LogP contribution in [0.4, 0.5) is 0 Å². The van der Waals surface area contributed by atoms with E-state index in [-0.39, 0.29) is 17.9 Å². The topological polar surface area (TPSA) is 63.7 Å². The zero-order valence-corrected chi connectivity index (χ0v) is 14.4. The molecular formula is C9H11Br2NO4S2. The highest BCUT2D eigenvalue weighted by Crippen LogP contribution is 2.35. The number of halogens is 2. The van der Waals surface area contributed by atoms with Gasteiger partial charge in [-0.15, -0.1) is 11.3 Å². The summed E-state index contributed by atoms with van der Waals surface area (Å²) in [5.41, 5.74) is 0. The van der Waals surface area contributed by atoms with Crippen LogP contribution in [-0.2, 0) is 19.6 Å². The molecule has 1 heterocycles. The minimum Gasteiger partial charge on any atom is -0.469 e. The van der Waals surface area contributed by atoms with Gasteiger partial charge < -0.3 is 4.74 Å². The minimum absolute atomic E-state index is 0.0230. The van der Waals surface area contributed by atoms with Crippen molar-refractivity contribution < 1.29 is 17.9 Å². The van der Waals surface area contributed by atoms with E-state index in [0.717, 1.165) is 4.31 Å². The number of methoxy groups -OCH3 is 1. The molecule has 0 aliphatic rings. The Morgan fingerprint density at radius 2 is 2.11 bits per heavy atom. The number of hydrogen-bond donors (Lipinski definition) is 0. The van der Waals surface area contributed by atoms with Crippen molar-refractivity contribution in [3.05, 3.63) is 13.6 Å². The third-order valence-electron chi connectivity index (χ3n) is 2.17. The third kappa shape index (κ3) is 3.77. The molecule has 1 rings (SSSR count). The third-order valence-corrected chi connectivity index (χ3v) is 6.78. The van der Waals surface area contributed by atoms with Gasteiger partial charge in [-0.1, -0.05) is 0 Å². The second kappa shape index (κ2) is 6.47. The molecule has 102 valence electrons. The van der Waals surface area contributed by atoms with E-state index in [1.165, 1.54) is 31.6 Å². The largest absolute Gasteiger partial charge is 0.469 e. The molecule has 0 bridgehead atoms. The number of nitrogens with zero attached hydrogens (tertiary/aromatic N) is 1. The molecule has 0 radical (unpaired) electrons. The Balaban J connectivity index is 2.87. The first kappa shape index (κ1) is 16.1. The van der Waals surface area contributed by atoms with E-state index in [1.807, 2.05) is 0 Å². The second-order valence-corrected chi connectivity index (χ2v) is 9.10. The lowest BCUT2D eigenvalue weighted by Crippen LogP contribution is -2.29. The summed E-state index contributed by atoms with van der Waals surface area (Å²) in [6.07, 6.45) is 0.0230. The zero-order chi connectivity index (χ0) is 13.9. The van der Waals surface area contributed by atoms with Gasteiger partial charge in [0.25, 0.3) is 0 Å². The van der Waals surface area contributed by atoms with Gasteiger partial charge in [-0.25, -0.2) is 12.7 Å². The van der Waals surface area contributed by atoms with E-state index in [2.05, 4.69) is 36.6 Å². The van der Waals surface area contributed by atoms with Crippen LogP contribution in [0, 0.1) is 0 Å². The minimum atomic E-state index is -3.59. The molecule has 5 nitrogen and oxygen atoms in total. The van der Waals surface area contributed by atoms with E-state index >= 15 is 0 Å². The van der Waals surface area contributed by atoms with Crippen molar-refractivity contribution in [2.24, 2.45) is 0 Å². The number of rotatable bonds is 5. The van der Waals surface area contributed by atoms with Gasteiger partial charge >= 0.3 is 5.97 Å². The average Bonchev–Trinajstić information content (AvgIpc) is 2.65. The molecule has 0 saturated carbocycles. The summed E-state index contributed by atoms with van der Waals surface area (Å²) >= 11 is 7.71. The molecule has 0 saturated heterocycles. The number of carbonyl (C=O) groups excluding carboxylic acids is 1. The summed E-state index contributed by atoms with van der Waals surface area (Å²) in [7, 11) is -0.899. The van der Waals surface area contributed by atoms with Crippen LogP contribution in [0.1, 0.15) is 6.42 Å². The molecule has 0 fully saturated rings. The Labute approximate surface area is 126 Å². The molecular weight excluding hydrogens is 410 g/mol. The lowest BCUT2D eigenvalue weighted by atomic mass is 10.4. The highest BCUT2D eigenvalue weighted by molar-refractivity contribution is 9.12. The molecule has 0 amide bonds. The molecule has 0 aliphatic heterocycles. The summed E-state index contributed by atoms with van der Waals surface area (Å²) in [6.45, 7) is 0.0783. The van der Waals surface area contributed by atoms with Crippen molar-refractivity contribution in [3.8, 4) is 0 Å². The lowest BCUT2D eigenvalue weighted by molar-refractivity contribution is -0.140. The van der Waals surface area contributed by atoms with Crippen molar-refractivity contribution in [1.82, 2.24) is 4.31 Å². The van der Waals surface area contributed by atoms with Crippen molar-refractivity contribution in [3.63, 3.8) is 0 Å². The maximum atomic E-state index is 12.2. The van der Waals surface area contributed by atoms with Gasteiger partial charge in [0.2, 0.25) is 10.0 Å². The Kier molecular flexibility index (Phi) is 5.78. The van der Waals surface area contributed by atoms with Gasteiger partial charge in [0, 0.05) is 13.6 Å². The number of carbonyl (C=O) groups is 1. The maximum Gasteiger partial charge on any atom is 0.306 e. The number of ether oxygens (including phenoxy) is 1. The lowest BCUT2D eigenvalue weighted by Gasteiger charge is -2.15. The van der Waals surface area contributed by atoms with Crippen LogP contribution in [0.25, 0.3) is 0 Å². The monoisotopic (exact) mass is 419 g/mol. The van der Waals surface area contributed by atoms with Crippen LogP contribution < -0.4 is 0 Å². The molecule has 0 unspecified atom stereocenters. The first-order valence-electron chi connectivity index (χ1n) is 4.77. The first-order chi connectivity index (χ1) is 8.28. The molecule has 0 spiro atoms. The summed E-state index contributed by atoms with van der Waals surface area (Å²) in [6, 6.07) is 1.53. The molecule has 1 aromatic rings. The van der Waals surface area contributed by atoms with Crippen molar-refractivity contribution in [2.75, 3.05) is 20.7 Å². The molecule has 0 atom stereocenters. The fourth-order valence-corrected chi connectivity index (χ4v) is 6.07. The Hall–Kier alpha value is 0.0400. The number of thiophene rings is 1. The Morgan fingerprint density at radius 3 is 2.56 bits per heavy atom. The maximum absolute atomic E-state index is 12.2. The SMILES string of the molecule is COC(=O)CCN(C)S(=O)(=O)c1cc(Br)sc1Br. The van der Waals surface area contributed by atoms with Crippen LogP contribution in [0.15, 0.2) is 18.5 Å². The normalized spacial score (nSPS) is 11.8. The Morgan fingerprint density at radius 1 is 1.50 bits per heavy atom. The fraction of sp³-hybridized carbons (Fsp3) is 0.444. The number of hydrogen-bond acceptors (Lipinski definition) is 5. The van der Waals surface area contributed by atoms with E-state index in [4.69, 9.17) is 0 Å². The van der Waals surface area contributed by atoms with E-state index < -0.39 is 16.0 Å². The van der Waals surface area contributed by atoms with Crippen molar-refractivity contribution in [2.45, 2.75) is 11.3 Å². The summed E-state index contributed by atoms with van der Waals surface area (Å²) < 4.78 is 31.2. The second-order valence-electron chi connectivity index (χ2n) is 3.34. The summed E-state index contributed by atoms with van der Waals surface area (Å²) in [5.74, 6) is -0.442. The standard InChI is InChI=1S/C9H11Br2NO4S2/c1-12(4-3-8(13)16-2)18(14,15)6-5-7(10)17-9(6)11/h5H,3-4H2,1-2H3. The van der Waals surface area contributed by atoms with Gasteiger partial charge in [-0.3, -0.25) is 4.79 Å². The molecule has 0 aliphatic carbocycles. The van der Waals surface area contributed by atoms with E-state index in [0.29, 0.717) is 7.57 Å². The van der Waals surface area contributed by atoms with Gasteiger partial charge in [-0.05, 0) is 37.9 Å². The fourth-order valence-electron chi connectivity index (χ4n) is 1.14. The van der Waals surface area contributed by atoms with Gasteiger partial charge in [-0.2, -0.15) is 0 Å². The summed E-state index contributed by atoms with van der Waals surface area (Å²) in [4.78, 5) is 11.2. The Bertz CT molecular complexity index is 541. The highest BCUT2D eigenvalue weighted by Gasteiger charge is 2.25. The predicted molar refractivity (Wildman–Crippen MR) is 76.2 cm³/mol. The van der Waals surface area contributed by atoms with Gasteiger partial charge in [0.1, 0.15) is 4.90 Å². The van der Waals surface area contributed by atoms with Crippen molar-refractivity contribution >= 4 is 59.2 Å². The molecule has 0 N–H and O–H groups in total. The van der Waals surface area contributed by atoms with E-state index in [9.17, 15) is 13.2 Å². The van der Waals surface area contributed by atoms with Crippen LogP contribution in [0.5, 0.6) is 0 Å². The predicted octanol–water partition coefficient (Wildman–Crippen LogP) is 2.46. The number of esters is 1. The molecule has 9 heteroatoms. The van der Waals surface area contributed by atoms with Crippen molar-refractivity contribution in [1.29, 1.82) is 0 Å². The van der Waals surface area contributed by atoms with E-state index in [1.54, 1.807) is 0 Å². The smallest absolute Gasteiger partial charge is 0.306 e. The van der Waals surface area contributed by atoms with Crippen LogP contribution in [-0.4, -0.2) is 39.4 Å². The first-order valence-corrected chi connectivity index (χ1v) is 8.61. The quantitative estimate of drug-likeness (QED) is 0.686. The average molecular weight is 421 g/mol. The van der Waals surface area contributed by atoms with Gasteiger partial charge in [0.05, 0.1) is 21.1 Å². The molecule has 18 heavy (non-hydrogen) atoms. The summed E-state index contributed by atoms with van der Waals surface area (Å²) in [5, 5.41) is 0. The van der Waals surface area contributed by atoms with Crippen LogP contribution in [0.3, 0.4) is 0 Å². The molecule has 1 aromatic heterocycles. The molecule has 0 aromatic carbocycles. The zero-order valence-electron chi connectivity index (χ0n) is 9.64. The number of sulfonamides is 1. The van der Waals surface area contributed by atoms with Crippen LogP contribution in [0.2, 0.25) is 0 Å². The van der Waals surface area contributed by atoms with Gasteiger partial charge in [0.15, 0.2) is 0 Å². The highest BCUT2D eigenvalue weighted by atomic mass is 79.9. The van der Waals surface area contributed by atoms with Crippen LogP contribution >= 0.6 is 43.2 Å².